The molecular weight excluding hydrogens is 550 g/mol. The van der Waals surface area contributed by atoms with E-state index in [2.05, 4.69) is 22.8 Å². The second-order valence-electron chi connectivity index (χ2n) is 12.3. The van der Waals surface area contributed by atoms with Crippen LogP contribution in [0.1, 0.15) is 69.9 Å². The molecule has 1 saturated heterocycles. The van der Waals surface area contributed by atoms with E-state index in [0.717, 1.165) is 22.3 Å². The first kappa shape index (κ1) is 32.0. The van der Waals surface area contributed by atoms with Crippen LogP contribution in [-0.4, -0.2) is 78.4 Å². The normalized spacial score (nSPS) is 16.1. The number of likely N-dealkylation sites (tertiary alicyclic amines) is 1. The Morgan fingerprint density at radius 1 is 0.953 bits per heavy atom. The minimum Gasteiger partial charge on any atom is -0.480 e. The Balaban J connectivity index is 1.13. The highest BCUT2D eigenvalue weighted by molar-refractivity contribution is 5.81. The summed E-state index contributed by atoms with van der Waals surface area (Å²) in [6, 6.07) is 14.9. The molecule has 0 aromatic heterocycles. The number of piperidine rings is 1. The number of amides is 2. The third-order valence-corrected chi connectivity index (χ3v) is 7.88. The molecule has 2 aliphatic rings. The van der Waals surface area contributed by atoms with E-state index in [1.54, 1.807) is 0 Å². The van der Waals surface area contributed by atoms with Crippen molar-refractivity contribution in [2.24, 2.45) is 5.92 Å². The number of rotatable bonds is 12. The molecule has 0 saturated carbocycles. The third kappa shape index (κ3) is 9.03. The monoisotopic (exact) mass is 593 g/mol. The maximum Gasteiger partial charge on any atom is 0.407 e. The first-order valence-electron chi connectivity index (χ1n) is 15.1. The SMILES string of the molecule is CC(C)(C)OC(=O)CN1CCC(C(=O)NCCCC[C@H](NC(=O)OCC2c3ccccc3-c3ccccc32)C(=O)O)CC1. The summed E-state index contributed by atoms with van der Waals surface area (Å²) < 4.78 is 10.9. The molecule has 0 radical (unpaired) electrons. The second-order valence-corrected chi connectivity index (χ2v) is 12.3. The number of benzene rings is 2. The minimum atomic E-state index is -1.13. The first-order valence-corrected chi connectivity index (χ1v) is 15.1. The molecule has 2 aromatic carbocycles. The number of carboxylic acid groups (broad SMARTS) is 1. The molecule has 2 aromatic rings. The standard InChI is InChI=1S/C33H43N3O7/c1-33(2,3)43-29(37)20-36-18-15-22(16-19-36)30(38)34-17-9-8-14-28(31(39)40)35-32(41)42-21-27-25-12-6-4-10-23(25)24-11-5-7-13-26(24)27/h4-7,10-13,22,27-28H,8-9,14-21H2,1-3H3,(H,34,38)(H,35,41)(H,39,40)/t28-/m0/s1. The van der Waals surface area contributed by atoms with E-state index >= 15 is 0 Å². The maximum atomic E-state index is 12.6. The van der Waals surface area contributed by atoms with Crippen molar-refractivity contribution < 1.29 is 33.8 Å². The number of unbranched alkanes of at least 4 members (excludes halogenated alkanes) is 1. The lowest BCUT2D eigenvalue weighted by Gasteiger charge is -2.31. The summed E-state index contributed by atoms with van der Waals surface area (Å²) in [4.78, 5) is 51.0. The Kier molecular flexibility index (Phi) is 10.8. The largest absolute Gasteiger partial charge is 0.480 e. The Hall–Kier alpha value is -3.92. The summed E-state index contributed by atoms with van der Waals surface area (Å²) in [5, 5.41) is 15.1. The molecule has 10 heteroatoms. The van der Waals surface area contributed by atoms with Crippen molar-refractivity contribution in [3.05, 3.63) is 59.7 Å². The lowest BCUT2D eigenvalue weighted by atomic mass is 9.96. The molecule has 1 fully saturated rings. The van der Waals surface area contributed by atoms with Crippen molar-refractivity contribution in [3.8, 4) is 11.1 Å². The third-order valence-electron chi connectivity index (χ3n) is 7.88. The molecule has 1 aliphatic carbocycles. The summed E-state index contributed by atoms with van der Waals surface area (Å²) >= 11 is 0. The van der Waals surface area contributed by atoms with Gasteiger partial charge in [-0.2, -0.15) is 0 Å². The van der Waals surface area contributed by atoms with Gasteiger partial charge >= 0.3 is 18.0 Å². The lowest BCUT2D eigenvalue weighted by Crippen LogP contribution is -2.43. The zero-order chi connectivity index (χ0) is 31.0. The highest BCUT2D eigenvalue weighted by Crippen LogP contribution is 2.44. The van der Waals surface area contributed by atoms with E-state index in [1.165, 1.54) is 0 Å². The summed E-state index contributed by atoms with van der Waals surface area (Å²) in [7, 11) is 0. The quantitative estimate of drug-likeness (QED) is 0.245. The Morgan fingerprint density at radius 2 is 1.56 bits per heavy atom. The number of fused-ring (bicyclic) bond motifs is 3. The van der Waals surface area contributed by atoms with Crippen LogP contribution in [0.25, 0.3) is 11.1 Å². The smallest absolute Gasteiger partial charge is 0.407 e. The van der Waals surface area contributed by atoms with E-state index in [1.807, 2.05) is 62.1 Å². The molecule has 10 nitrogen and oxygen atoms in total. The van der Waals surface area contributed by atoms with Crippen molar-refractivity contribution >= 4 is 23.9 Å². The number of carboxylic acids is 1. The molecular formula is C33H43N3O7. The number of carbonyl (C=O) groups is 4. The summed E-state index contributed by atoms with van der Waals surface area (Å²) in [5.74, 6) is -1.64. The van der Waals surface area contributed by atoms with Gasteiger partial charge in [0.25, 0.3) is 0 Å². The van der Waals surface area contributed by atoms with Crippen molar-refractivity contribution in [3.63, 3.8) is 0 Å². The fourth-order valence-electron chi connectivity index (χ4n) is 5.78. The van der Waals surface area contributed by atoms with E-state index < -0.39 is 23.7 Å². The number of hydrogen-bond acceptors (Lipinski definition) is 7. The molecule has 232 valence electrons. The molecule has 3 N–H and O–H groups in total. The minimum absolute atomic E-state index is 0.0246. The average molecular weight is 594 g/mol. The number of nitrogens with one attached hydrogen (secondary N) is 2. The van der Waals surface area contributed by atoms with Crippen molar-refractivity contribution in [1.82, 2.24) is 15.5 Å². The van der Waals surface area contributed by atoms with Crippen LogP contribution in [0.4, 0.5) is 4.79 Å². The molecule has 0 spiro atoms. The highest BCUT2D eigenvalue weighted by Gasteiger charge is 2.30. The van der Waals surface area contributed by atoms with Gasteiger partial charge < -0.3 is 25.2 Å². The van der Waals surface area contributed by atoms with Gasteiger partial charge in [-0.1, -0.05) is 48.5 Å². The van der Waals surface area contributed by atoms with Crippen LogP contribution in [-0.2, 0) is 23.9 Å². The van der Waals surface area contributed by atoms with Gasteiger partial charge in [0.2, 0.25) is 5.91 Å². The van der Waals surface area contributed by atoms with Crippen molar-refractivity contribution in [2.45, 2.75) is 70.4 Å². The number of ether oxygens (including phenoxy) is 2. The van der Waals surface area contributed by atoms with Gasteiger partial charge in [-0.25, -0.2) is 9.59 Å². The molecule has 1 atom stereocenters. The second kappa shape index (κ2) is 14.5. The predicted molar refractivity (Wildman–Crippen MR) is 161 cm³/mol. The molecule has 0 bridgehead atoms. The molecule has 4 rings (SSSR count). The van der Waals surface area contributed by atoms with E-state index in [9.17, 15) is 24.3 Å². The van der Waals surface area contributed by atoms with Crippen molar-refractivity contribution in [2.75, 3.05) is 32.8 Å². The van der Waals surface area contributed by atoms with Crippen LogP contribution >= 0.6 is 0 Å². The maximum absolute atomic E-state index is 12.6. The Morgan fingerprint density at radius 3 is 2.14 bits per heavy atom. The molecule has 1 heterocycles. The summed E-state index contributed by atoms with van der Waals surface area (Å²) in [6.07, 6.45) is 1.88. The summed E-state index contributed by atoms with van der Waals surface area (Å²) in [6.45, 7) is 7.57. The number of esters is 1. The van der Waals surface area contributed by atoms with Gasteiger partial charge in [-0.15, -0.1) is 0 Å². The van der Waals surface area contributed by atoms with Gasteiger partial charge in [-0.3, -0.25) is 14.5 Å². The van der Waals surface area contributed by atoms with Crippen LogP contribution in [0, 0.1) is 5.92 Å². The van der Waals surface area contributed by atoms with Crippen LogP contribution in [0.2, 0.25) is 0 Å². The van der Waals surface area contributed by atoms with Crippen LogP contribution in [0.3, 0.4) is 0 Å². The number of hydrogen-bond donors (Lipinski definition) is 3. The fraction of sp³-hybridized carbons (Fsp3) is 0.515. The van der Waals surface area contributed by atoms with E-state index in [4.69, 9.17) is 9.47 Å². The molecule has 0 unspecified atom stereocenters. The van der Waals surface area contributed by atoms with Gasteiger partial charge in [0.05, 0.1) is 6.54 Å². The zero-order valence-electron chi connectivity index (χ0n) is 25.3. The number of alkyl carbamates (subject to hydrolysis) is 1. The Labute approximate surface area is 253 Å². The topological polar surface area (TPSA) is 134 Å². The number of aliphatic carboxylic acids is 1. The molecule has 43 heavy (non-hydrogen) atoms. The fourth-order valence-corrected chi connectivity index (χ4v) is 5.78. The first-order chi connectivity index (χ1) is 20.5. The average Bonchev–Trinajstić information content (AvgIpc) is 3.28. The summed E-state index contributed by atoms with van der Waals surface area (Å²) in [5.41, 5.74) is 3.88. The lowest BCUT2D eigenvalue weighted by molar-refractivity contribution is -0.156. The van der Waals surface area contributed by atoms with Gasteiger partial charge in [-0.05, 0) is 88.2 Å². The predicted octanol–water partition coefficient (Wildman–Crippen LogP) is 4.32. The van der Waals surface area contributed by atoms with Gasteiger partial charge in [0, 0.05) is 18.4 Å². The Bertz CT molecular complexity index is 1250. The molecule has 1 aliphatic heterocycles. The number of carbonyl (C=O) groups excluding carboxylic acids is 3. The van der Waals surface area contributed by atoms with Crippen LogP contribution in [0.15, 0.2) is 48.5 Å². The highest BCUT2D eigenvalue weighted by atomic mass is 16.6. The van der Waals surface area contributed by atoms with Crippen LogP contribution < -0.4 is 10.6 Å². The number of nitrogens with zero attached hydrogens (tertiary/aromatic N) is 1. The van der Waals surface area contributed by atoms with E-state index in [-0.39, 0.29) is 43.3 Å². The zero-order valence-corrected chi connectivity index (χ0v) is 25.3. The van der Waals surface area contributed by atoms with Crippen LogP contribution in [0.5, 0.6) is 0 Å². The van der Waals surface area contributed by atoms with Gasteiger partial charge in [0.1, 0.15) is 18.2 Å². The van der Waals surface area contributed by atoms with Crippen molar-refractivity contribution in [1.29, 1.82) is 0 Å². The van der Waals surface area contributed by atoms with Gasteiger partial charge in [0.15, 0.2) is 0 Å². The molecule has 2 amide bonds. The van der Waals surface area contributed by atoms with E-state index in [0.29, 0.717) is 45.3 Å².